The molecular weight excluding hydrogens is 318 g/mol. The molecule has 0 spiro atoms. The number of hydrogen-bond donors (Lipinski definition) is 3. The Bertz CT molecular complexity index is 801. The zero-order chi connectivity index (χ0) is 17.4. The predicted molar refractivity (Wildman–Crippen MR) is 93.3 cm³/mol. The lowest BCUT2D eigenvalue weighted by Crippen LogP contribution is -2.42. The summed E-state index contributed by atoms with van der Waals surface area (Å²) in [5, 5.41) is 13.2. The smallest absolute Gasteiger partial charge is 0.272 e. The summed E-state index contributed by atoms with van der Waals surface area (Å²) < 4.78 is 0. The second-order valence-electron chi connectivity index (χ2n) is 6.61. The maximum absolute atomic E-state index is 12.8. The van der Waals surface area contributed by atoms with Crippen molar-refractivity contribution in [3.05, 3.63) is 47.3 Å². The van der Waals surface area contributed by atoms with Crippen LogP contribution in [0.4, 0.5) is 5.69 Å². The molecule has 1 aromatic heterocycles. The third kappa shape index (κ3) is 2.80. The van der Waals surface area contributed by atoms with Crippen LogP contribution in [0, 0.1) is 0 Å². The van der Waals surface area contributed by atoms with Crippen molar-refractivity contribution in [1.29, 1.82) is 0 Å². The molecule has 2 aliphatic heterocycles. The van der Waals surface area contributed by atoms with Gasteiger partial charge in [-0.3, -0.25) is 14.7 Å². The molecule has 0 saturated carbocycles. The second-order valence-corrected chi connectivity index (χ2v) is 6.61. The molecule has 130 valence electrons. The Morgan fingerprint density at radius 2 is 2.12 bits per heavy atom. The van der Waals surface area contributed by atoms with Crippen molar-refractivity contribution in [2.45, 2.75) is 38.4 Å². The van der Waals surface area contributed by atoms with E-state index >= 15 is 0 Å². The number of fused-ring (bicyclic) bond motifs is 1. The molecule has 0 aliphatic carbocycles. The van der Waals surface area contributed by atoms with E-state index in [0.717, 1.165) is 29.9 Å². The van der Waals surface area contributed by atoms with Crippen LogP contribution in [0.25, 0.3) is 0 Å². The first-order valence-electron chi connectivity index (χ1n) is 8.61. The van der Waals surface area contributed by atoms with Crippen molar-refractivity contribution in [3.63, 3.8) is 0 Å². The summed E-state index contributed by atoms with van der Waals surface area (Å²) in [5.74, 6) is -0.365. The fourth-order valence-electron chi connectivity index (χ4n) is 3.66. The zero-order valence-corrected chi connectivity index (χ0v) is 14.1. The maximum atomic E-state index is 12.8. The first-order chi connectivity index (χ1) is 12.1. The third-order valence-corrected chi connectivity index (χ3v) is 4.91. The highest BCUT2D eigenvalue weighted by molar-refractivity contribution is 6.04. The van der Waals surface area contributed by atoms with E-state index in [1.807, 2.05) is 37.3 Å². The molecule has 1 aromatic carbocycles. The number of rotatable bonds is 3. The molecule has 25 heavy (non-hydrogen) atoms. The van der Waals surface area contributed by atoms with Gasteiger partial charge in [-0.2, -0.15) is 5.10 Å². The number of hydrogen-bond acceptors (Lipinski definition) is 4. The Kier molecular flexibility index (Phi) is 4.01. The van der Waals surface area contributed by atoms with Crippen LogP contribution in [0.5, 0.6) is 0 Å². The number of nitrogens with zero attached hydrogens (tertiary/aromatic N) is 2. The van der Waals surface area contributed by atoms with Gasteiger partial charge in [0.25, 0.3) is 5.91 Å². The van der Waals surface area contributed by atoms with Crippen LogP contribution in [0.3, 0.4) is 0 Å². The van der Waals surface area contributed by atoms with Crippen molar-refractivity contribution in [2.75, 3.05) is 11.4 Å². The minimum atomic E-state index is -0.522. The van der Waals surface area contributed by atoms with Gasteiger partial charge in [0.05, 0.1) is 0 Å². The van der Waals surface area contributed by atoms with Crippen LogP contribution in [0.2, 0.25) is 0 Å². The van der Waals surface area contributed by atoms with Gasteiger partial charge in [0, 0.05) is 42.5 Å². The van der Waals surface area contributed by atoms with Crippen LogP contribution in [0.1, 0.15) is 35.1 Å². The standard InChI is InChI=1S/C18H21N5O2/c1-11-9-15(18(25)23(11)12-5-3-2-4-6-12)20-17(24)16-13-10-19-8-7-14(13)21-22-16/h2-6,11,15,19H,7-10H2,1H3,(H,20,24)(H,21,22). The zero-order valence-electron chi connectivity index (χ0n) is 14.1. The van der Waals surface area contributed by atoms with Gasteiger partial charge < -0.3 is 15.5 Å². The topological polar surface area (TPSA) is 90.1 Å². The highest BCUT2D eigenvalue weighted by Crippen LogP contribution is 2.27. The molecule has 2 aromatic rings. The van der Waals surface area contributed by atoms with E-state index in [0.29, 0.717) is 18.7 Å². The van der Waals surface area contributed by atoms with Gasteiger partial charge in [0.15, 0.2) is 5.69 Å². The molecule has 2 aliphatic rings. The third-order valence-electron chi connectivity index (χ3n) is 4.91. The van der Waals surface area contributed by atoms with Crippen LogP contribution < -0.4 is 15.5 Å². The summed E-state index contributed by atoms with van der Waals surface area (Å²) >= 11 is 0. The van der Waals surface area contributed by atoms with Crippen LogP contribution in [-0.2, 0) is 17.8 Å². The van der Waals surface area contributed by atoms with E-state index < -0.39 is 6.04 Å². The lowest BCUT2D eigenvalue weighted by atomic mass is 10.1. The minimum absolute atomic E-state index is 0.0370. The van der Waals surface area contributed by atoms with E-state index in [2.05, 4.69) is 20.8 Å². The van der Waals surface area contributed by atoms with Crippen molar-refractivity contribution >= 4 is 17.5 Å². The summed E-state index contributed by atoms with van der Waals surface area (Å²) in [5.41, 5.74) is 3.15. The van der Waals surface area contributed by atoms with Gasteiger partial charge in [0.2, 0.25) is 5.91 Å². The van der Waals surface area contributed by atoms with Gasteiger partial charge in [-0.05, 0) is 25.5 Å². The van der Waals surface area contributed by atoms with Gasteiger partial charge in [-0.15, -0.1) is 0 Å². The van der Waals surface area contributed by atoms with Gasteiger partial charge in [-0.1, -0.05) is 18.2 Å². The molecule has 0 bridgehead atoms. The summed E-state index contributed by atoms with van der Waals surface area (Å²) in [6.07, 6.45) is 1.42. The van der Waals surface area contributed by atoms with E-state index in [1.165, 1.54) is 0 Å². The average molecular weight is 339 g/mol. The molecule has 2 amide bonds. The van der Waals surface area contributed by atoms with Crippen molar-refractivity contribution in [1.82, 2.24) is 20.8 Å². The number of anilines is 1. The Morgan fingerprint density at radius 3 is 2.92 bits per heavy atom. The number of benzene rings is 1. The minimum Gasteiger partial charge on any atom is -0.339 e. The van der Waals surface area contributed by atoms with E-state index in [9.17, 15) is 9.59 Å². The van der Waals surface area contributed by atoms with Crippen molar-refractivity contribution < 1.29 is 9.59 Å². The van der Waals surface area contributed by atoms with Crippen molar-refractivity contribution in [2.24, 2.45) is 0 Å². The highest BCUT2D eigenvalue weighted by atomic mass is 16.2. The molecular formula is C18H21N5O2. The van der Waals surface area contributed by atoms with Gasteiger partial charge in [0.1, 0.15) is 6.04 Å². The molecule has 1 saturated heterocycles. The monoisotopic (exact) mass is 339 g/mol. The van der Waals surface area contributed by atoms with Gasteiger partial charge in [-0.25, -0.2) is 0 Å². The summed E-state index contributed by atoms with van der Waals surface area (Å²) in [7, 11) is 0. The molecule has 2 atom stereocenters. The predicted octanol–water partition coefficient (Wildman–Crippen LogP) is 0.979. The number of amides is 2. The molecule has 1 fully saturated rings. The molecule has 7 heteroatoms. The number of para-hydroxylation sites is 1. The quantitative estimate of drug-likeness (QED) is 0.777. The van der Waals surface area contributed by atoms with Gasteiger partial charge >= 0.3 is 0 Å². The summed E-state index contributed by atoms with van der Waals surface area (Å²) in [6, 6.07) is 9.07. The number of nitrogens with one attached hydrogen (secondary N) is 3. The molecule has 4 rings (SSSR count). The first kappa shape index (κ1) is 15.8. The van der Waals surface area contributed by atoms with E-state index in [1.54, 1.807) is 4.90 Å². The number of carbonyl (C=O) groups excluding carboxylic acids is 2. The van der Waals surface area contributed by atoms with E-state index in [-0.39, 0.29) is 17.9 Å². The molecule has 2 unspecified atom stereocenters. The number of aromatic nitrogens is 2. The number of aromatic amines is 1. The first-order valence-corrected chi connectivity index (χ1v) is 8.61. The Hall–Kier alpha value is -2.67. The molecule has 3 N–H and O–H groups in total. The molecule has 3 heterocycles. The maximum Gasteiger partial charge on any atom is 0.272 e. The van der Waals surface area contributed by atoms with E-state index in [4.69, 9.17) is 0 Å². The fraction of sp³-hybridized carbons (Fsp3) is 0.389. The molecule has 7 nitrogen and oxygen atoms in total. The lowest BCUT2D eigenvalue weighted by Gasteiger charge is -2.21. The fourth-order valence-corrected chi connectivity index (χ4v) is 3.66. The lowest BCUT2D eigenvalue weighted by molar-refractivity contribution is -0.118. The van der Waals surface area contributed by atoms with Crippen molar-refractivity contribution in [3.8, 4) is 0 Å². The molecule has 0 radical (unpaired) electrons. The number of H-pyrrole nitrogens is 1. The average Bonchev–Trinajstić information content (AvgIpc) is 3.17. The number of carbonyl (C=O) groups is 2. The van der Waals surface area contributed by atoms with Crippen LogP contribution in [0.15, 0.2) is 30.3 Å². The Morgan fingerprint density at radius 1 is 1.32 bits per heavy atom. The SMILES string of the molecule is CC1CC(NC(=O)c2n[nH]c3c2CNCC3)C(=O)N1c1ccccc1. The summed E-state index contributed by atoms with van der Waals surface area (Å²) in [4.78, 5) is 27.2. The normalized spacial score (nSPS) is 22.8. The Labute approximate surface area is 145 Å². The second kappa shape index (κ2) is 6.33. The summed E-state index contributed by atoms with van der Waals surface area (Å²) in [6.45, 7) is 3.50. The van der Waals surface area contributed by atoms with Crippen LogP contribution in [-0.4, -0.2) is 40.6 Å². The Balaban J connectivity index is 1.51. The highest BCUT2D eigenvalue weighted by Gasteiger charge is 2.39. The largest absolute Gasteiger partial charge is 0.339 e. The van der Waals surface area contributed by atoms with Crippen LogP contribution >= 0.6 is 0 Å².